The van der Waals surface area contributed by atoms with E-state index in [2.05, 4.69) is 12.1 Å². The first-order valence-electron chi connectivity index (χ1n) is 7.29. The summed E-state index contributed by atoms with van der Waals surface area (Å²) in [7, 11) is 0. The quantitative estimate of drug-likeness (QED) is 0.742. The van der Waals surface area contributed by atoms with Gasteiger partial charge in [0.15, 0.2) is 0 Å². The van der Waals surface area contributed by atoms with E-state index in [1.165, 1.54) is 44.1 Å². The molecule has 4 aliphatic rings. The minimum Gasteiger partial charge on any atom is -0.399 e. The van der Waals surface area contributed by atoms with Crippen LogP contribution in [0.1, 0.15) is 44.1 Å². The van der Waals surface area contributed by atoms with Crippen LogP contribution >= 0.6 is 0 Å². The van der Waals surface area contributed by atoms with Gasteiger partial charge in [0.25, 0.3) is 0 Å². The zero-order valence-corrected chi connectivity index (χ0v) is 10.9. The van der Waals surface area contributed by atoms with E-state index in [1.807, 2.05) is 6.07 Å². The molecule has 4 bridgehead atoms. The standard InChI is InChI=1S/C16H22N2/c17-14-4-13(5-15(18)6-14)16-7-10-1-11(8-16)3-12(2-10)9-16/h4-6,10-12H,1-3,7-9,17-18H2. The highest BCUT2D eigenvalue weighted by atomic mass is 14.6. The fourth-order valence-corrected chi connectivity index (χ4v) is 5.45. The molecular weight excluding hydrogens is 220 g/mol. The van der Waals surface area contributed by atoms with Gasteiger partial charge in [-0.05, 0) is 85.5 Å². The molecule has 0 aromatic heterocycles. The van der Waals surface area contributed by atoms with E-state index in [0.29, 0.717) is 5.41 Å². The van der Waals surface area contributed by atoms with Gasteiger partial charge in [0, 0.05) is 11.4 Å². The van der Waals surface area contributed by atoms with Gasteiger partial charge >= 0.3 is 0 Å². The number of nitrogens with two attached hydrogens (primary N) is 2. The molecule has 0 amide bonds. The molecule has 4 aliphatic carbocycles. The summed E-state index contributed by atoms with van der Waals surface area (Å²) in [6, 6.07) is 6.25. The predicted molar refractivity (Wildman–Crippen MR) is 75.1 cm³/mol. The maximum atomic E-state index is 6.00. The molecule has 1 aromatic carbocycles. The summed E-state index contributed by atoms with van der Waals surface area (Å²) in [5.41, 5.74) is 15.5. The molecule has 4 saturated carbocycles. The van der Waals surface area contributed by atoms with Crippen LogP contribution in [-0.2, 0) is 5.41 Å². The lowest BCUT2D eigenvalue weighted by atomic mass is 9.48. The summed E-state index contributed by atoms with van der Waals surface area (Å²) < 4.78 is 0. The van der Waals surface area contributed by atoms with Crippen LogP contribution in [-0.4, -0.2) is 0 Å². The van der Waals surface area contributed by atoms with Crippen molar-refractivity contribution in [3.05, 3.63) is 23.8 Å². The maximum absolute atomic E-state index is 6.00. The Bertz CT molecular complexity index is 436. The second kappa shape index (κ2) is 3.43. The van der Waals surface area contributed by atoms with Gasteiger partial charge in [0.1, 0.15) is 0 Å². The molecule has 0 spiro atoms. The first-order valence-corrected chi connectivity index (χ1v) is 7.29. The van der Waals surface area contributed by atoms with Crippen molar-refractivity contribution < 1.29 is 0 Å². The second-order valence-electron chi connectivity index (χ2n) is 7.09. The molecule has 0 heterocycles. The highest BCUT2D eigenvalue weighted by Gasteiger charge is 2.51. The molecule has 18 heavy (non-hydrogen) atoms. The van der Waals surface area contributed by atoms with Gasteiger partial charge in [-0.25, -0.2) is 0 Å². The van der Waals surface area contributed by atoms with Crippen molar-refractivity contribution in [3.63, 3.8) is 0 Å². The Balaban J connectivity index is 1.79. The fourth-order valence-electron chi connectivity index (χ4n) is 5.45. The minimum absolute atomic E-state index is 0.415. The summed E-state index contributed by atoms with van der Waals surface area (Å²) in [6.45, 7) is 0. The van der Waals surface area contributed by atoms with Gasteiger partial charge in [0.05, 0.1) is 0 Å². The van der Waals surface area contributed by atoms with E-state index < -0.39 is 0 Å². The van der Waals surface area contributed by atoms with Crippen molar-refractivity contribution in [2.45, 2.75) is 43.9 Å². The number of rotatable bonds is 1. The van der Waals surface area contributed by atoms with E-state index in [1.54, 1.807) is 0 Å². The van der Waals surface area contributed by atoms with Crippen molar-refractivity contribution >= 4 is 11.4 Å². The third-order valence-corrected chi connectivity index (χ3v) is 5.63. The monoisotopic (exact) mass is 242 g/mol. The van der Waals surface area contributed by atoms with Crippen molar-refractivity contribution in [2.75, 3.05) is 11.5 Å². The van der Waals surface area contributed by atoms with Crippen molar-refractivity contribution in [3.8, 4) is 0 Å². The first-order chi connectivity index (χ1) is 8.63. The van der Waals surface area contributed by atoms with Gasteiger partial charge in [-0.2, -0.15) is 0 Å². The number of nitrogen functional groups attached to an aromatic ring is 2. The van der Waals surface area contributed by atoms with Crippen LogP contribution in [0.3, 0.4) is 0 Å². The number of benzene rings is 1. The van der Waals surface area contributed by atoms with Crippen LogP contribution in [0.15, 0.2) is 18.2 Å². The molecule has 2 heteroatoms. The summed E-state index contributed by atoms with van der Waals surface area (Å²) in [6.07, 6.45) is 8.58. The van der Waals surface area contributed by atoms with Crippen molar-refractivity contribution in [1.29, 1.82) is 0 Å². The summed E-state index contributed by atoms with van der Waals surface area (Å²) in [5.74, 6) is 2.91. The Kier molecular flexibility index (Phi) is 2.04. The fraction of sp³-hybridized carbons (Fsp3) is 0.625. The lowest BCUT2D eigenvalue weighted by molar-refractivity contribution is -0.00514. The van der Waals surface area contributed by atoms with Gasteiger partial charge in [-0.15, -0.1) is 0 Å². The Morgan fingerprint density at radius 3 is 1.67 bits per heavy atom. The average Bonchev–Trinajstić information content (AvgIpc) is 2.25. The smallest absolute Gasteiger partial charge is 0.0337 e. The zero-order chi connectivity index (χ0) is 12.3. The molecule has 2 nitrogen and oxygen atoms in total. The van der Waals surface area contributed by atoms with Gasteiger partial charge in [-0.1, -0.05) is 0 Å². The number of anilines is 2. The Morgan fingerprint density at radius 1 is 0.778 bits per heavy atom. The Hall–Kier alpha value is -1.18. The van der Waals surface area contributed by atoms with Crippen LogP contribution in [0.5, 0.6) is 0 Å². The SMILES string of the molecule is Nc1cc(N)cc(C23CC4CC(CC(C4)C2)C3)c1. The number of hydrogen-bond acceptors (Lipinski definition) is 2. The van der Waals surface area contributed by atoms with Gasteiger partial charge in [-0.3, -0.25) is 0 Å². The molecule has 0 saturated heterocycles. The first kappa shape index (κ1) is 10.7. The van der Waals surface area contributed by atoms with E-state index in [-0.39, 0.29) is 0 Å². The van der Waals surface area contributed by atoms with E-state index in [4.69, 9.17) is 11.5 Å². The third-order valence-electron chi connectivity index (χ3n) is 5.63. The maximum Gasteiger partial charge on any atom is 0.0337 e. The third kappa shape index (κ3) is 1.47. The van der Waals surface area contributed by atoms with Crippen LogP contribution in [0.25, 0.3) is 0 Å². The van der Waals surface area contributed by atoms with Gasteiger partial charge < -0.3 is 11.5 Å². The van der Waals surface area contributed by atoms with Crippen LogP contribution in [0.2, 0.25) is 0 Å². The van der Waals surface area contributed by atoms with Crippen LogP contribution in [0, 0.1) is 17.8 Å². The van der Waals surface area contributed by atoms with E-state index in [9.17, 15) is 0 Å². The molecular formula is C16H22N2. The highest BCUT2D eigenvalue weighted by molar-refractivity contribution is 5.56. The summed E-state index contributed by atoms with van der Waals surface area (Å²) >= 11 is 0. The molecule has 0 atom stereocenters. The van der Waals surface area contributed by atoms with Gasteiger partial charge in [0.2, 0.25) is 0 Å². The van der Waals surface area contributed by atoms with Crippen LogP contribution < -0.4 is 11.5 Å². The predicted octanol–water partition coefficient (Wildman–Crippen LogP) is 3.32. The minimum atomic E-state index is 0.415. The van der Waals surface area contributed by atoms with Crippen LogP contribution in [0.4, 0.5) is 11.4 Å². The van der Waals surface area contributed by atoms with E-state index >= 15 is 0 Å². The second-order valence-corrected chi connectivity index (χ2v) is 7.09. The molecule has 0 unspecified atom stereocenters. The largest absolute Gasteiger partial charge is 0.399 e. The lowest BCUT2D eigenvalue weighted by Gasteiger charge is -2.57. The molecule has 5 rings (SSSR count). The normalized spacial score (nSPS) is 41.2. The molecule has 4 fully saturated rings. The zero-order valence-electron chi connectivity index (χ0n) is 10.9. The molecule has 4 N–H and O–H groups in total. The topological polar surface area (TPSA) is 52.0 Å². The van der Waals surface area contributed by atoms with Crippen molar-refractivity contribution in [1.82, 2.24) is 0 Å². The summed E-state index contributed by atoms with van der Waals surface area (Å²) in [4.78, 5) is 0. The average molecular weight is 242 g/mol. The van der Waals surface area contributed by atoms with E-state index in [0.717, 1.165) is 29.1 Å². The lowest BCUT2D eigenvalue weighted by Crippen LogP contribution is -2.48. The molecule has 96 valence electrons. The highest BCUT2D eigenvalue weighted by Crippen LogP contribution is 2.60. The molecule has 0 radical (unpaired) electrons. The number of hydrogen-bond donors (Lipinski definition) is 2. The van der Waals surface area contributed by atoms with Crippen molar-refractivity contribution in [2.24, 2.45) is 17.8 Å². The Labute approximate surface area is 109 Å². The summed E-state index contributed by atoms with van der Waals surface area (Å²) in [5, 5.41) is 0. The molecule has 1 aromatic rings. The Morgan fingerprint density at radius 2 is 1.22 bits per heavy atom. The molecule has 0 aliphatic heterocycles.